The minimum Gasteiger partial charge on any atom is -0.404 e. The average molecular weight is 443 g/mol. The quantitative estimate of drug-likeness (QED) is 0.713. The number of sulfonamides is 1. The van der Waals surface area contributed by atoms with Crippen molar-refractivity contribution in [1.29, 1.82) is 0 Å². The summed E-state index contributed by atoms with van der Waals surface area (Å²) < 4.78 is 68.8. The summed E-state index contributed by atoms with van der Waals surface area (Å²) in [7, 11) is -2.09. The Morgan fingerprint density at radius 3 is 2.20 bits per heavy atom. The Bertz CT molecular complexity index is 942. The number of nitrogens with one attached hydrogen (secondary N) is 1. The molecule has 1 aliphatic rings. The number of benzene rings is 2. The smallest absolute Gasteiger partial charge is 0.404 e. The summed E-state index contributed by atoms with van der Waals surface area (Å²) in [5.41, 5.74) is 1.82. The fourth-order valence-corrected chi connectivity index (χ4v) is 4.31. The monoisotopic (exact) mass is 443 g/mol. The van der Waals surface area contributed by atoms with Gasteiger partial charge in [-0.25, -0.2) is 13.1 Å². The highest BCUT2D eigenvalue weighted by molar-refractivity contribution is 7.89. The Morgan fingerprint density at radius 2 is 1.57 bits per heavy atom. The van der Waals surface area contributed by atoms with Crippen LogP contribution in [0.3, 0.4) is 0 Å². The molecule has 0 amide bonds. The number of halogens is 3. The maximum absolute atomic E-state index is 12.5. The number of para-hydroxylation sites is 1. The molecule has 1 aliphatic heterocycles. The van der Waals surface area contributed by atoms with E-state index in [1.165, 1.54) is 12.1 Å². The molecule has 0 spiro atoms. The molecular weight excluding hydrogens is 419 g/mol. The van der Waals surface area contributed by atoms with Gasteiger partial charge in [-0.1, -0.05) is 36.4 Å². The van der Waals surface area contributed by atoms with Crippen LogP contribution in [0.1, 0.15) is 11.1 Å². The van der Waals surface area contributed by atoms with E-state index in [4.69, 9.17) is 0 Å². The minimum atomic E-state index is -4.98. The van der Waals surface area contributed by atoms with Crippen molar-refractivity contribution in [3.63, 3.8) is 0 Å². The highest BCUT2D eigenvalue weighted by Gasteiger charge is 2.33. The van der Waals surface area contributed by atoms with Gasteiger partial charge in [0, 0.05) is 39.3 Å². The fourth-order valence-electron chi connectivity index (χ4n) is 3.16. The Morgan fingerprint density at radius 1 is 0.967 bits per heavy atom. The number of piperazine rings is 1. The van der Waals surface area contributed by atoms with Crippen molar-refractivity contribution in [3.8, 4) is 5.75 Å². The van der Waals surface area contributed by atoms with Gasteiger partial charge in [-0.2, -0.15) is 0 Å². The first-order valence-corrected chi connectivity index (χ1v) is 10.9. The van der Waals surface area contributed by atoms with Crippen LogP contribution < -0.4 is 9.46 Å². The first-order chi connectivity index (χ1) is 14.1. The second kappa shape index (κ2) is 9.34. The van der Waals surface area contributed by atoms with E-state index in [-0.39, 0.29) is 6.54 Å². The first kappa shape index (κ1) is 22.5. The first-order valence-electron chi connectivity index (χ1n) is 9.45. The van der Waals surface area contributed by atoms with E-state index in [9.17, 15) is 21.6 Å². The van der Waals surface area contributed by atoms with Crippen LogP contribution in [-0.4, -0.2) is 57.8 Å². The highest BCUT2D eigenvalue weighted by atomic mass is 32.2. The molecule has 1 fully saturated rings. The second-order valence-corrected chi connectivity index (χ2v) is 8.95. The van der Waals surface area contributed by atoms with E-state index in [1.807, 2.05) is 24.3 Å². The number of rotatable bonds is 7. The molecule has 0 saturated carbocycles. The molecule has 0 aromatic heterocycles. The molecule has 2 aromatic rings. The maximum atomic E-state index is 12.5. The van der Waals surface area contributed by atoms with Crippen molar-refractivity contribution in [1.82, 2.24) is 14.5 Å². The van der Waals surface area contributed by atoms with Gasteiger partial charge < -0.3 is 9.64 Å². The average Bonchev–Trinajstić information content (AvgIpc) is 2.68. The van der Waals surface area contributed by atoms with Crippen LogP contribution in [0.4, 0.5) is 13.2 Å². The van der Waals surface area contributed by atoms with Gasteiger partial charge in [-0.3, -0.25) is 4.90 Å². The van der Waals surface area contributed by atoms with E-state index >= 15 is 0 Å². The van der Waals surface area contributed by atoms with Crippen LogP contribution in [0.2, 0.25) is 0 Å². The van der Waals surface area contributed by atoms with E-state index in [0.29, 0.717) is 5.56 Å². The van der Waals surface area contributed by atoms with Crippen molar-refractivity contribution >= 4 is 10.0 Å². The largest absolute Gasteiger partial charge is 0.573 e. The molecule has 0 aliphatic carbocycles. The molecular formula is C20H24F3N3O3S. The molecule has 3 rings (SSSR count). The number of likely N-dealkylation sites (N-methyl/N-ethyl adjacent to an activating group) is 1. The molecule has 1 heterocycles. The van der Waals surface area contributed by atoms with Crippen LogP contribution in [0.25, 0.3) is 0 Å². The van der Waals surface area contributed by atoms with Gasteiger partial charge in [0.2, 0.25) is 10.0 Å². The summed E-state index contributed by atoms with van der Waals surface area (Å²) >= 11 is 0. The predicted molar refractivity (Wildman–Crippen MR) is 106 cm³/mol. The lowest BCUT2D eigenvalue weighted by molar-refractivity contribution is -0.275. The van der Waals surface area contributed by atoms with Crippen LogP contribution >= 0.6 is 0 Å². The molecule has 6 nitrogen and oxygen atoms in total. The SMILES string of the molecule is CN1CCN(Cc2ccc(CNS(=O)(=O)c3ccccc3OC(F)(F)F)cc2)CC1. The lowest BCUT2D eigenvalue weighted by Gasteiger charge is -2.32. The third kappa shape index (κ3) is 6.43. The normalized spacial score (nSPS) is 16.5. The van der Waals surface area contributed by atoms with Crippen molar-refractivity contribution < 1.29 is 26.3 Å². The van der Waals surface area contributed by atoms with Crippen LogP contribution in [0.5, 0.6) is 5.75 Å². The van der Waals surface area contributed by atoms with E-state index < -0.39 is 27.0 Å². The summed E-state index contributed by atoms with van der Waals surface area (Å²) in [5.74, 6) is -0.764. The number of hydrogen-bond donors (Lipinski definition) is 1. The third-order valence-electron chi connectivity index (χ3n) is 4.86. The van der Waals surface area contributed by atoms with Gasteiger partial charge >= 0.3 is 6.36 Å². The Kier molecular flexibility index (Phi) is 7.02. The van der Waals surface area contributed by atoms with Gasteiger partial charge in [0.15, 0.2) is 0 Å². The van der Waals surface area contributed by atoms with Gasteiger partial charge in [-0.15, -0.1) is 13.2 Å². The standard InChI is InChI=1S/C20H24F3N3O3S/c1-25-10-12-26(13-11-25)15-17-8-6-16(7-9-17)14-24-30(27,28)19-5-3-2-4-18(19)29-20(21,22)23/h2-9,24H,10-15H2,1H3. The van der Waals surface area contributed by atoms with Gasteiger partial charge in [0.25, 0.3) is 0 Å². The Balaban J connectivity index is 1.61. The van der Waals surface area contributed by atoms with Crippen molar-refractivity contribution in [2.45, 2.75) is 24.3 Å². The van der Waals surface area contributed by atoms with E-state index in [2.05, 4.69) is 26.3 Å². The Hall–Kier alpha value is -2.14. The number of ether oxygens (including phenoxy) is 1. The molecule has 164 valence electrons. The van der Waals surface area contributed by atoms with Crippen molar-refractivity contribution in [2.75, 3.05) is 33.2 Å². The lowest BCUT2D eigenvalue weighted by atomic mass is 10.1. The molecule has 1 N–H and O–H groups in total. The predicted octanol–water partition coefficient (Wildman–Crippen LogP) is 2.81. The zero-order chi connectivity index (χ0) is 21.8. The molecule has 2 aromatic carbocycles. The summed E-state index contributed by atoms with van der Waals surface area (Å²) in [6.07, 6.45) is -4.98. The molecule has 0 atom stereocenters. The molecule has 1 saturated heterocycles. The number of alkyl halides is 3. The van der Waals surface area contributed by atoms with E-state index in [0.717, 1.165) is 50.4 Å². The van der Waals surface area contributed by atoms with Crippen LogP contribution in [0.15, 0.2) is 53.4 Å². The Labute approximate surface area is 174 Å². The fraction of sp³-hybridized carbons (Fsp3) is 0.400. The molecule has 10 heteroatoms. The summed E-state index contributed by atoms with van der Waals surface area (Å²) in [6, 6.07) is 12.1. The van der Waals surface area contributed by atoms with Gasteiger partial charge in [-0.05, 0) is 30.3 Å². The maximum Gasteiger partial charge on any atom is 0.573 e. The van der Waals surface area contributed by atoms with Crippen molar-refractivity contribution in [2.24, 2.45) is 0 Å². The van der Waals surface area contributed by atoms with E-state index in [1.54, 1.807) is 0 Å². The topological polar surface area (TPSA) is 61.9 Å². The lowest BCUT2D eigenvalue weighted by Crippen LogP contribution is -2.43. The zero-order valence-electron chi connectivity index (χ0n) is 16.5. The van der Waals surface area contributed by atoms with Gasteiger partial charge in [0.1, 0.15) is 10.6 Å². The third-order valence-corrected chi connectivity index (χ3v) is 6.30. The molecule has 0 radical (unpaired) electrons. The zero-order valence-corrected chi connectivity index (χ0v) is 17.3. The van der Waals surface area contributed by atoms with Gasteiger partial charge in [0.05, 0.1) is 0 Å². The highest BCUT2D eigenvalue weighted by Crippen LogP contribution is 2.29. The van der Waals surface area contributed by atoms with Crippen LogP contribution in [-0.2, 0) is 23.1 Å². The molecule has 30 heavy (non-hydrogen) atoms. The number of hydrogen-bond acceptors (Lipinski definition) is 5. The molecule has 0 bridgehead atoms. The second-order valence-electron chi connectivity index (χ2n) is 7.22. The molecule has 0 unspecified atom stereocenters. The summed E-state index contributed by atoms with van der Waals surface area (Å²) in [6.45, 7) is 4.83. The van der Waals surface area contributed by atoms with Crippen LogP contribution in [0, 0.1) is 0 Å². The van der Waals surface area contributed by atoms with Crippen molar-refractivity contribution in [3.05, 3.63) is 59.7 Å². The number of nitrogens with zero attached hydrogens (tertiary/aromatic N) is 2. The summed E-state index contributed by atoms with van der Waals surface area (Å²) in [5, 5.41) is 0. The summed E-state index contributed by atoms with van der Waals surface area (Å²) in [4.78, 5) is 4.08. The minimum absolute atomic E-state index is 0.0442.